The fraction of sp³-hybridized carbons (Fsp3) is 0.800. The van der Waals surface area contributed by atoms with Crippen LogP contribution in [-0.2, 0) is 9.59 Å². The van der Waals surface area contributed by atoms with Gasteiger partial charge in [-0.2, -0.15) is 11.8 Å². The molecule has 0 aromatic rings. The van der Waals surface area contributed by atoms with Crippen LogP contribution in [0.25, 0.3) is 0 Å². The Kier molecular flexibility index (Phi) is 4.02. The molecule has 1 saturated carbocycles. The molecule has 0 aromatic carbocycles. The van der Waals surface area contributed by atoms with E-state index in [1.807, 2.05) is 13.2 Å². The van der Waals surface area contributed by atoms with Gasteiger partial charge in [0.2, 0.25) is 5.91 Å². The number of aliphatic carboxylic acids is 1. The number of carboxylic acid groups (broad SMARTS) is 1. The van der Waals surface area contributed by atoms with E-state index in [4.69, 9.17) is 5.11 Å². The Hall–Kier alpha value is -0.710. The summed E-state index contributed by atoms with van der Waals surface area (Å²) in [5.41, 5.74) is -0.969. The van der Waals surface area contributed by atoms with Crippen molar-refractivity contribution >= 4 is 23.6 Å². The van der Waals surface area contributed by atoms with Gasteiger partial charge in [0.15, 0.2) is 0 Å². The highest BCUT2D eigenvalue weighted by Crippen LogP contribution is 2.32. The maximum atomic E-state index is 11.7. The van der Waals surface area contributed by atoms with Gasteiger partial charge in [-0.25, -0.2) is 4.79 Å². The molecule has 1 rings (SSSR count). The number of rotatable bonds is 5. The number of thioether (sulfide) groups is 1. The summed E-state index contributed by atoms with van der Waals surface area (Å²) in [6.07, 6.45) is 3.92. The van der Waals surface area contributed by atoms with E-state index < -0.39 is 11.5 Å². The zero-order valence-electron chi connectivity index (χ0n) is 9.08. The average Bonchev–Trinajstić information content (AvgIpc) is 2.10. The Morgan fingerprint density at radius 3 is 2.47 bits per heavy atom. The second kappa shape index (κ2) is 4.88. The Labute approximate surface area is 93.8 Å². The van der Waals surface area contributed by atoms with Crippen molar-refractivity contribution in [3.05, 3.63) is 0 Å². The number of carboxylic acids is 1. The summed E-state index contributed by atoms with van der Waals surface area (Å²) in [4.78, 5) is 22.7. The van der Waals surface area contributed by atoms with Gasteiger partial charge >= 0.3 is 5.97 Å². The first-order chi connectivity index (χ1) is 7.02. The summed E-state index contributed by atoms with van der Waals surface area (Å²) in [6.45, 7) is 1.82. The molecule has 1 amide bonds. The van der Waals surface area contributed by atoms with Crippen LogP contribution in [0, 0.1) is 5.92 Å². The maximum absolute atomic E-state index is 11.7. The van der Waals surface area contributed by atoms with Gasteiger partial charge in [-0.1, -0.05) is 6.92 Å². The Bertz CT molecular complexity index is 263. The fourth-order valence-electron chi connectivity index (χ4n) is 1.61. The molecule has 5 heteroatoms. The van der Waals surface area contributed by atoms with Crippen molar-refractivity contribution in [3.8, 4) is 0 Å². The molecule has 1 unspecified atom stereocenters. The summed E-state index contributed by atoms with van der Waals surface area (Å²) in [5.74, 6) is -0.455. The van der Waals surface area contributed by atoms with Crippen LogP contribution in [0.5, 0.6) is 0 Å². The number of carbonyl (C=O) groups excluding carboxylic acids is 1. The number of amides is 1. The highest BCUT2D eigenvalue weighted by Gasteiger charge is 2.46. The minimum absolute atomic E-state index is 0.128. The van der Waals surface area contributed by atoms with Gasteiger partial charge in [0.1, 0.15) is 5.54 Å². The average molecular weight is 231 g/mol. The van der Waals surface area contributed by atoms with Crippen molar-refractivity contribution in [1.29, 1.82) is 0 Å². The fourth-order valence-corrected chi connectivity index (χ4v) is 2.26. The van der Waals surface area contributed by atoms with E-state index in [-0.39, 0.29) is 11.8 Å². The van der Waals surface area contributed by atoms with Crippen LogP contribution in [0.3, 0.4) is 0 Å². The third-order valence-electron chi connectivity index (χ3n) is 2.84. The van der Waals surface area contributed by atoms with Crippen LogP contribution < -0.4 is 5.32 Å². The molecular formula is C10H17NO3S. The van der Waals surface area contributed by atoms with E-state index in [1.165, 1.54) is 0 Å². The summed E-state index contributed by atoms with van der Waals surface area (Å²) >= 11 is 1.59. The molecule has 1 aliphatic rings. The lowest BCUT2D eigenvalue weighted by molar-refractivity contribution is -0.152. The predicted octanol–water partition coefficient (Wildman–Crippen LogP) is 1.11. The van der Waals surface area contributed by atoms with Crippen molar-refractivity contribution in [3.63, 3.8) is 0 Å². The van der Waals surface area contributed by atoms with Crippen molar-refractivity contribution in [2.75, 3.05) is 12.0 Å². The van der Waals surface area contributed by atoms with Gasteiger partial charge in [-0.3, -0.25) is 4.79 Å². The molecule has 0 radical (unpaired) electrons. The molecule has 0 bridgehead atoms. The zero-order chi connectivity index (χ0) is 11.5. The molecule has 0 aromatic heterocycles. The number of carbonyl (C=O) groups is 2. The number of nitrogens with one attached hydrogen (secondary N) is 1. The Morgan fingerprint density at radius 1 is 1.53 bits per heavy atom. The monoisotopic (exact) mass is 231 g/mol. The van der Waals surface area contributed by atoms with E-state index in [1.54, 1.807) is 11.8 Å². The molecule has 1 fully saturated rings. The smallest absolute Gasteiger partial charge is 0.329 e. The minimum Gasteiger partial charge on any atom is -0.480 e. The standard InChI is InChI=1S/C10H17NO3S/c1-7(6-15-2)8(12)11-10(9(13)14)4-3-5-10/h7H,3-6H2,1-2H3,(H,11,12)(H,13,14). The summed E-state index contributed by atoms with van der Waals surface area (Å²) < 4.78 is 0. The Balaban J connectivity index is 2.52. The molecule has 0 aliphatic heterocycles. The predicted molar refractivity (Wildman–Crippen MR) is 59.9 cm³/mol. The first-order valence-corrected chi connectivity index (χ1v) is 6.45. The third-order valence-corrected chi connectivity index (χ3v) is 3.68. The molecule has 86 valence electrons. The van der Waals surface area contributed by atoms with Gasteiger partial charge in [0, 0.05) is 11.7 Å². The highest BCUT2D eigenvalue weighted by atomic mass is 32.2. The Morgan fingerprint density at radius 2 is 2.13 bits per heavy atom. The van der Waals surface area contributed by atoms with E-state index >= 15 is 0 Å². The second-order valence-electron chi connectivity index (χ2n) is 4.09. The normalized spacial score (nSPS) is 20.1. The SMILES string of the molecule is CSCC(C)C(=O)NC1(C(=O)O)CCC1. The van der Waals surface area contributed by atoms with Crippen molar-refractivity contribution in [1.82, 2.24) is 5.32 Å². The lowest BCUT2D eigenvalue weighted by Gasteiger charge is -2.38. The highest BCUT2D eigenvalue weighted by molar-refractivity contribution is 7.98. The lowest BCUT2D eigenvalue weighted by Crippen LogP contribution is -2.60. The van der Waals surface area contributed by atoms with Gasteiger partial charge in [-0.15, -0.1) is 0 Å². The van der Waals surface area contributed by atoms with E-state index in [0.29, 0.717) is 12.8 Å². The largest absolute Gasteiger partial charge is 0.480 e. The summed E-state index contributed by atoms with van der Waals surface area (Å²) in [7, 11) is 0. The van der Waals surface area contributed by atoms with Crippen LogP contribution in [0.4, 0.5) is 0 Å². The molecule has 4 nitrogen and oxygen atoms in total. The molecule has 1 atom stereocenters. The summed E-state index contributed by atoms with van der Waals surface area (Å²) in [5, 5.41) is 11.7. The third kappa shape index (κ3) is 2.65. The van der Waals surface area contributed by atoms with Crippen molar-refractivity contribution < 1.29 is 14.7 Å². The first kappa shape index (κ1) is 12.4. The van der Waals surface area contributed by atoms with E-state index in [9.17, 15) is 9.59 Å². The number of hydrogen-bond donors (Lipinski definition) is 2. The van der Waals surface area contributed by atoms with Crippen molar-refractivity contribution in [2.24, 2.45) is 5.92 Å². The molecule has 0 spiro atoms. The molecule has 15 heavy (non-hydrogen) atoms. The number of hydrogen-bond acceptors (Lipinski definition) is 3. The van der Waals surface area contributed by atoms with Crippen molar-refractivity contribution in [2.45, 2.75) is 31.7 Å². The van der Waals surface area contributed by atoms with Crippen LogP contribution in [0.2, 0.25) is 0 Å². The molecule has 0 heterocycles. The van der Waals surface area contributed by atoms with Gasteiger partial charge in [0.25, 0.3) is 0 Å². The van der Waals surface area contributed by atoms with Crippen LogP contribution in [0.15, 0.2) is 0 Å². The van der Waals surface area contributed by atoms with Crippen LogP contribution in [-0.4, -0.2) is 34.5 Å². The minimum atomic E-state index is -0.969. The van der Waals surface area contributed by atoms with Crippen LogP contribution in [0.1, 0.15) is 26.2 Å². The quantitative estimate of drug-likeness (QED) is 0.744. The van der Waals surface area contributed by atoms with E-state index in [2.05, 4.69) is 5.32 Å². The van der Waals surface area contributed by atoms with Gasteiger partial charge in [-0.05, 0) is 25.5 Å². The lowest BCUT2D eigenvalue weighted by atomic mass is 9.76. The summed E-state index contributed by atoms with van der Waals surface area (Å²) in [6, 6.07) is 0. The van der Waals surface area contributed by atoms with Gasteiger partial charge in [0.05, 0.1) is 0 Å². The van der Waals surface area contributed by atoms with Gasteiger partial charge < -0.3 is 10.4 Å². The zero-order valence-corrected chi connectivity index (χ0v) is 9.89. The molecule has 2 N–H and O–H groups in total. The maximum Gasteiger partial charge on any atom is 0.329 e. The topological polar surface area (TPSA) is 66.4 Å². The second-order valence-corrected chi connectivity index (χ2v) is 5.00. The molecule has 1 aliphatic carbocycles. The van der Waals surface area contributed by atoms with E-state index in [0.717, 1.165) is 12.2 Å². The molecular weight excluding hydrogens is 214 g/mol. The molecule has 0 saturated heterocycles. The van der Waals surface area contributed by atoms with Crippen LogP contribution >= 0.6 is 11.8 Å². The first-order valence-electron chi connectivity index (χ1n) is 5.06.